The highest BCUT2D eigenvalue weighted by Gasteiger charge is 2.31. The monoisotopic (exact) mass is 368 g/mol. The zero-order chi connectivity index (χ0) is 18.5. The molecule has 6 heteroatoms. The SMILES string of the molecule is CCOc1ccccc1NC(=O)[C@@H](C#N)C(=O)c1csc2c1CCCC2. The molecule has 0 unspecified atom stereocenters. The van der Waals surface area contributed by atoms with Gasteiger partial charge in [0.05, 0.1) is 18.4 Å². The summed E-state index contributed by atoms with van der Waals surface area (Å²) < 4.78 is 5.48. The first-order valence-electron chi connectivity index (χ1n) is 8.71. The van der Waals surface area contributed by atoms with E-state index in [0.29, 0.717) is 23.6 Å². The number of carbonyl (C=O) groups excluding carboxylic acids is 2. The van der Waals surface area contributed by atoms with Crippen molar-refractivity contribution in [3.05, 3.63) is 45.6 Å². The Balaban J connectivity index is 1.81. The van der Waals surface area contributed by atoms with Gasteiger partial charge in [-0.1, -0.05) is 12.1 Å². The third-order valence-corrected chi connectivity index (χ3v) is 5.51. The summed E-state index contributed by atoms with van der Waals surface area (Å²) in [6.45, 7) is 2.30. The maximum Gasteiger partial charge on any atom is 0.249 e. The van der Waals surface area contributed by atoms with E-state index in [1.165, 1.54) is 4.88 Å². The fourth-order valence-corrected chi connectivity index (χ4v) is 4.28. The van der Waals surface area contributed by atoms with Crippen LogP contribution in [0.3, 0.4) is 0 Å². The van der Waals surface area contributed by atoms with Crippen LogP contribution in [-0.2, 0) is 17.6 Å². The van der Waals surface area contributed by atoms with Crippen molar-refractivity contribution in [1.29, 1.82) is 5.26 Å². The molecule has 1 atom stereocenters. The minimum Gasteiger partial charge on any atom is -0.492 e. The molecule has 0 bridgehead atoms. The van der Waals surface area contributed by atoms with E-state index in [0.717, 1.165) is 31.2 Å². The van der Waals surface area contributed by atoms with Gasteiger partial charge in [-0.3, -0.25) is 9.59 Å². The molecule has 5 nitrogen and oxygen atoms in total. The Hall–Kier alpha value is -2.65. The van der Waals surface area contributed by atoms with Gasteiger partial charge >= 0.3 is 0 Å². The molecular formula is C20H20N2O3S. The zero-order valence-corrected chi connectivity index (χ0v) is 15.4. The van der Waals surface area contributed by atoms with Gasteiger partial charge in [0.15, 0.2) is 11.7 Å². The second-order valence-corrected chi connectivity index (χ2v) is 7.07. The molecule has 3 rings (SSSR count). The standard InChI is InChI=1S/C20H20N2O3S/c1-2-25-17-9-5-4-8-16(17)22-20(24)14(11-21)19(23)15-12-26-18-10-6-3-7-13(15)18/h4-5,8-9,12,14H,2-3,6-7,10H2,1H3,(H,22,24)/t14-/m0/s1. The number of aryl methyl sites for hydroxylation is 1. The molecule has 0 saturated carbocycles. The molecule has 0 fully saturated rings. The van der Waals surface area contributed by atoms with Gasteiger partial charge in [0.1, 0.15) is 5.75 Å². The van der Waals surface area contributed by atoms with Crippen LogP contribution < -0.4 is 10.1 Å². The Morgan fingerprint density at radius 3 is 2.85 bits per heavy atom. The van der Waals surface area contributed by atoms with Gasteiger partial charge in [-0.25, -0.2) is 0 Å². The largest absolute Gasteiger partial charge is 0.492 e. The Bertz CT molecular complexity index is 866. The average Bonchev–Trinajstić information content (AvgIpc) is 3.08. The van der Waals surface area contributed by atoms with Crippen LogP contribution in [0.5, 0.6) is 5.75 Å². The fourth-order valence-electron chi connectivity index (χ4n) is 3.15. The number of anilines is 1. The summed E-state index contributed by atoms with van der Waals surface area (Å²) in [6.07, 6.45) is 3.97. The summed E-state index contributed by atoms with van der Waals surface area (Å²) >= 11 is 1.55. The summed E-state index contributed by atoms with van der Waals surface area (Å²) in [5.74, 6) is -1.90. The molecule has 1 heterocycles. The highest BCUT2D eigenvalue weighted by Crippen LogP contribution is 2.32. The number of nitrogens with one attached hydrogen (secondary N) is 1. The highest BCUT2D eigenvalue weighted by atomic mass is 32.1. The summed E-state index contributed by atoms with van der Waals surface area (Å²) in [5.41, 5.74) is 2.01. The van der Waals surface area contributed by atoms with Crippen LogP contribution in [0.2, 0.25) is 0 Å². The van der Waals surface area contributed by atoms with Gasteiger partial charge in [0, 0.05) is 15.8 Å². The quantitative estimate of drug-likeness (QED) is 0.618. The Morgan fingerprint density at radius 1 is 1.31 bits per heavy atom. The summed E-state index contributed by atoms with van der Waals surface area (Å²) in [7, 11) is 0. The van der Waals surface area contributed by atoms with Crippen molar-refractivity contribution in [2.45, 2.75) is 32.6 Å². The number of rotatable bonds is 6. The van der Waals surface area contributed by atoms with Crippen molar-refractivity contribution in [3.8, 4) is 11.8 Å². The number of amides is 1. The number of thiophene rings is 1. The summed E-state index contributed by atoms with van der Waals surface area (Å²) in [4.78, 5) is 26.6. The molecule has 26 heavy (non-hydrogen) atoms. The smallest absolute Gasteiger partial charge is 0.249 e. The van der Waals surface area contributed by atoms with Gasteiger partial charge in [0.2, 0.25) is 5.91 Å². The van der Waals surface area contributed by atoms with Crippen molar-refractivity contribution in [2.75, 3.05) is 11.9 Å². The van der Waals surface area contributed by atoms with Gasteiger partial charge in [0.25, 0.3) is 0 Å². The zero-order valence-electron chi connectivity index (χ0n) is 14.6. The van der Waals surface area contributed by atoms with E-state index >= 15 is 0 Å². The lowest BCUT2D eigenvalue weighted by Crippen LogP contribution is -2.29. The second-order valence-electron chi connectivity index (χ2n) is 6.10. The van der Waals surface area contributed by atoms with Crippen molar-refractivity contribution >= 4 is 28.7 Å². The Morgan fingerprint density at radius 2 is 2.08 bits per heavy atom. The first kappa shape index (κ1) is 18.2. The van der Waals surface area contributed by atoms with Crippen molar-refractivity contribution in [1.82, 2.24) is 0 Å². The number of nitriles is 1. The van der Waals surface area contributed by atoms with Crippen LogP contribution in [-0.4, -0.2) is 18.3 Å². The maximum absolute atomic E-state index is 12.8. The molecule has 1 aliphatic rings. The number of carbonyl (C=O) groups is 2. The van der Waals surface area contributed by atoms with Gasteiger partial charge in [-0.2, -0.15) is 5.26 Å². The molecule has 0 saturated heterocycles. The lowest BCUT2D eigenvalue weighted by atomic mass is 9.90. The second kappa shape index (κ2) is 8.15. The third kappa shape index (κ3) is 3.63. The molecule has 1 aliphatic carbocycles. The molecular weight excluding hydrogens is 348 g/mol. The molecule has 0 radical (unpaired) electrons. The number of fused-ring (bicyclic) bond motifs is 1. The molecule has 0 spiro atoms. The number of hydrogen-bond donors (Lipinski definition) is 1. The molecule has 0 aliphatic heterocycles. The number of ether oxygens (including phenoxy) is 1. The van der Waals surface area contributed by atoms with Crippen molar-refractivity contribution < 1.29 is 14.3 Å². The molecule has 1 amide bonds. The molecule has 2 aromatic rings. The van der Waals surface area contributed by atoms with Gasteiger partial charge < -0.3 is 10.1 Å². The number of nitrogens with zero attached hydrogens (tertiary/aromatic N) is 1. The summed E-state index contributed by atoms with van der Waals surface area (Å²) in [5, 5.41) is 13.9. The molecule has 134 valence electrons. The van der Waals surface area contributed by atoms with E-state index in [4.69, 9.17) is 4.74 Å². The number of ketones is 1. The Kier molecular flexibility index (Phi) is 5.69. The van der Waals surface area contributed by atoms with Crippen molar-refractivity contribution in [2.24, 2.45) is 5.92 Å². The van der Waals surface area contributed by atoms with Crippen LogP contribution in [0.1, 0.15) is 40.6 Å². The van der Waals surface area contributed by atoms with E-state index < -0.39 is 17.6 Å². The van der Waals surface area contributed by atoms with E-state index in [1.807, 2.05) is 13.0 Å². The van der Waals surface area contributed by atoms with E-state index in [2.05, 4.69) is 5.32 Å². The Labute approximate surface area is 156 Å². The molecule has 1 aromatic heterocycles. The van der Waals surface area contributed by atoms with E-state index in [-0.39, 0.29) is 0 Å². The molecule has 1 N–H and O–H groups in total. The number of para-hydroxylation sites is 2. The van der Waals surface area contributed by atoms with Crippen molar-refractivity contribution in [3.63, 3.8) is 0 Å². The third-order valence-electron chi connectivity index (χ3n) is 4.43. The lowest BCUT2D eigenvalue weighted by Gasteiger charge is -2.15. The van der Waals surface area contributed by atoms with E-state index in [1.54, 1.807) is 41.0 Å². The minimum absolute atomic E-state index is 0.418. The fraction of sp³-hybridized carbons (Fsp3) is 0.350. The number of benzene rings is 1. The van der Waals surface area contributed by atoms with E-state index in [9.17, 15) is 14.9 Å². The van der Waals surface area contributed by atoms with Crippen LogP contribution in [0.15, 0.2) is 29.6 Å². The van der Waals surface area contributed by atoms with Gasteiger partial charge in [-0.05, 0) is 50.3 Å². The number of hydrogen-bond acceptors (Lipinski definition) is 5. The normalized spacial score (nSPS) is 14.0. The predicted molar refractivity (Wildman–Crippen MR) is 101 cm³/mol. The predicted octanol–water partition coefficient (Wildman–Crippen LogP) is 3.99. The first-order chi connectivity index (χ1) is 12.7. The van der Waals surface area contributed by atoms with Crippen LogP contribution in [0.4, 0.5) is 5.69 Å². The number of Topliss-reactive ketones (excluding diaryl/α,β-unsaturated/α-hetero) is 1. The molecule has 1 aromatic carbocycles. The topological polar surface area (TPSA) is 79.2 Å². The summed E-state index contributed by atoms with van der Waals surface area (Å²) in [6, 6.07) is 8.85. The minimum atomic E-state index is -1.37. The van der Waals surface area contributed by atoms with Crippen LogP contribution >= 0.6 is 11.3 Å². The van der Waals surface area contributed by atoms with Crippen LogP contribution in [0, 0.1) is 17.2 Å². The van der Waals surface area contributed by atoms with Crippen LogP contribution in [0.25, 0.3) is 0 Å². The lowest BCUT2D eigenvalue weighted by molar-refractivity contribution is -0.117. The maximum atomic E-state index is 12.8. The average molecular weight is 368 g/mol. The highest BCUT2D eigenvalue weighted by molar-refractivity contribution is 7.10. The first-order valence-corrected chi connectivity index (χ1v) is 9.59. The van der Waals surface area contributed by atoms with Gasteiger partial charge in [-0.15, -0.1) is 11.3 Å².